The van der Waals surface area contributed by atoms with Gasteiger partial charge in [0.1, 0.15) is 0 Å². The zero-order valence-electron chi connectivity index (χ0n) is 13.4. The highest BCUT2D eigenvalue weighted by molar-refractivity contribution is 5.85. The predicted molar refractivity (Wildman–Crippen MR) is 89.1 cm³/mol. The van der Waals surface area contributed by atoms with E-state index in [2.05, 4.69) is 9.47 Å². The fourth-order valence-corrected chi connectivity index (χ4v) is 2.85. The summed E-state index contributed by atoms with van der Waals surface area (Å²) < 4.78 is 55.5. The fraction of sp³-hybridized carbons (Fsp3) is 1.00. The molecule has 0 spiro atoms. The standard InChI is InChI=1S/2C7H13F2NO.2ClH/c2*8-7(9)11-6-4-2-1-3-5(6)10;;/h2*5-7H,1-4,10H2;2*1H/t2*5-,6-;;/m10../s1. The van der Waals surface area contributed by atoms with Gasteiger partial charge in [-0.3, -0.25) is 0 Å². The highest BCUT2D eigenvalue weighted by Gasteiger charge is 2.25. The zero-order chi connectivity index (χ0) is 16.5. The van der Waals surface area contributed by atoms with E-state index in [1.54, 1.807) is 0 Å². The molecular weight excluding hydrogens is 375 g/mol. The van der Waals surface area contributed by atoms with Gasteiger partial charge >= 0.3 is 13.2 Å². The molecule has 0 radical (unpaired) electrons. The maximum atomic E-state index is 11.7. The van der Waals surface area contributed by atoms with Crippen LogP contribution in [0.25, 0.3) is 0 Å². The van der Waals surface area contributed by atoms with Gasteiger partial charge in [-0.05, 0) is 25.7 Å². The van der Waals surface area contributed by atoms with E-state index in [4.69, 9.17) is 11.5 Å². The predicted octanol–water partition coefficient (Wildman–Crippen LogP) is 3.83. The number of hydrogen-bond donors (Lipinski definition) is 2. The minimum Gasteiger partial charge on any atom is -0.325 e. The Kier molecular flexibility index (Phi) is 15.7. The van der Waals surface area contributed by atoms with Gasteiger partial charge in [0.2, 0.25) is 0 Å². The third kappa shape index (κ3) is 10.9. The van der Waals surface area contributed by atoms with Crippen molar-refractivity contribution in [3.8, 4) is 0 Å². The number of nitrogens with two attached hydrogens (primary N) is 2. The van der Waals surface area contributed by atoms with Gasteiger partial charge < -0.3 is 20.9 Å². The Hall–Kier alpha value is 0.140. The third-order valence-electron chi connectivity index (χ3n) is 4.06. The van der Waals surface area contributed by atoms with Crippen LogP contribution in [0.3, 0.4) is 0 Å². The van der Waals surface area contributed by atoms with E-state index >= 15 is 0 Å². The lowest BCUT2D eigenvalue weighted by atomic mass is 9.93. The minimum atomic E-state index is -2.68. The molecule has 24 heavy (non-hydrogen) atoms. The van der Waals surface area contributed by atoms with E-state index in [1.807, 2.05) is 0 Å². The lowest BCUT2D eigenvalue weighted by Crippen LogP contribution is -2.40. The van der Waals surface area contributed by atoms with E-state index in [9.17, 15) is 17.6 Å². The van der Waals surface area contributed by atoms with Crippen molar-refractivity contribution in [3.63, 3.8) is 0 Å². The molecule has 0 saturated heterocycles. The molecular formula is C14H28Cl2F4N2O2. The molecule has 4 N–H and O–H groups in total. The summed E-state index contributed by atoms with van der Waals surface area (Å²) in [5.74, 6) is 0. The SMILES string of the molecule is Cl.Cl.N[C@@H]1CCCC[C@H]1OC(F)F.N[C@H]1CCCC[C@@H]1OC(F)F. The summed E-state index contributed by atoms with van der Waals surface area (Å²) in [6, 6.07) is -0.393. The molecule has 0 unspecified atom stereocenters. The summed E-state index contributed by atoms with van der Waals surface area (Å²) in [6.45, 7) is -5.35. The van der Waals surface area contributed by atoms with Crippen molar-refractivity contribution in [2.24, 2.45) is 11.5 Å². The lowest BCUT2D eigenvalue weighted by molar-refractivity contribution is -0.174. The minimum absolute atomic E-state index is 0. The van der Waals surface area contributed by atoms with Crippen LogP contribution in [0.1, 0.15) is 51.4 Å². The Balaban J connectivity index is 0. The molecule has 2 aliphatic carbocycles. The maximum Gasteiger partial charge on any atom is 0.345 e. The normalized spacial score (nSPS) is 30.0. The molecule has 0 bridgehead atoms. The van der Waals surface area contributed by atoms with Crippen LogP contribution in [0.4, 0.5) is 17.6 Å². The van der Waals surface area contributed by atoms with Crippen molar-refractivity contribution in [3.05, 3.63) is 0 Å². The summed E-state index contributed by atoms with van der Waals surface area (Å²) in [4.78, 5) is 0. The first kappa shape index (κ1) is 26.4. The molecule has 148 valence electrons. The van der Waals surface area contributed by atoms with Gasteiger partial charge in [0.25, 0.3) is 0 Å². The highest BCUT2D eigenvalue weighted by Crippen LogP contribution is 2.22. The van der Waals surface area contributed by atoms with Crippen LogP contribution >= 0.6 is 24.8 Å². The Morgan fingerprint density at radius 1 is 0.625 bits per heavy atom. The summed E-state index contributed by atoms with van der Waals surface area (Å²) in [6.07, 6.45) is 6.06. The van der Waals surface area contributed by atoms with Crippen LogP contribution in [0.5, 0.6) is 0 Å². The average molecular weight is 403 g/mol. The molecule has 2 rings (SSSR count). The Labute approximate surface area is 152 Å². The van der Waals surface area contributed by atoms with Gasteiger partial charge in [-0.25, -0.2) is 0 Å². The van der Waals surface area contributed by atoms with Crippen molar-refractivity contribution in [2.75, 3.05) is 0 Å². The second-order valence-corrected chi connectivity index (χ2v) is 5.77. The number of alkyl halides is 4. The van der Waals surface area contributed by atoms with Gasteiger partial charge in [-0.2, -0.15) is 17.6 Å². The van der Waals surface area contributed by atoms with Crippen LogP contribution in [-0.4, -0.2) is 37.5 Å². The molecule has 0 amide bonds. The van der Waals surface area contributed by atoms with Gasteiger partial charge in [-0.15, -0.1) is 24.8 Å². The Morgan fingerprint density at radius 2 is 0.917 bits per heavy atom. The van der Waals surface area contributed by atoms with Crippen molar-refractivity contribution in [2.45, 2.75) is 88.9 Å². The van der Waals surface area contributed by atoms with Gasteiger partial charge in [0.15, 0.2) is 0 Å². The third-order valence-corrected chi connectivity index (χ3v) is 4.06. The van der Waals surface area contributed by atoms with Gasteiger partial charge in [0.05, 0.1) is 12.2 Å². The molecule has 2 saturated carbocycles. The van der Waals surface area contributed by atoms with Crippen LogP contribution in [0.15, 0.2) is 0 Å². The maximum absolute atomic E-state index is 11.7. The molecule has 0 heterocycles. The molecule has 0 aromatic heterocycles. The van der Waals surface area contributed by atoms with Crippen LogP contribution in [-0.2, 0) is 9.47 Å². The number of hydrogen-bond acceptors (Lipinski definition) is 4. The molecule has 10 heteroatoms. The molecule has 4 nitrogen and oxygen atoms in total. The quantitative estimate of drug-likeness (QED) is 0.700. The zero-order valence-corrected chi connectivity index (χ0v) is 15.1. The number of halogens is 6. The molecule has 2 aliphatic rings. The largest absolute Gasteiger partial charge is 0.345 e. The van der Waals surface area contributed by atoms with E-state index in [0.717, 1.165) is 38.5 Å². The Morgan fingerprint density at radius 3 is 1.17 bits per heavy atom. The fourth-order valence-electron chi connectivity index (χ4n) is 2.85. The van der Waals surface area contributed by atoms with Crippen LogP contribution in [0, 0.1) is 0 Å². The molecule has 0 aliphatic heterocycles. The van der Waals surface area contributed by atoms with E-state index < -0.39 is 25.4 Å². The average Bonchev–Trinajstić information content (AvgIpc) is 2.44. The summed E-state index contributed by atoms with van der Waals surface area (Å²) in [5.41, 5.74) is 11.1. The van der Waals surface area contributed by atoms with Crippen molar-refractivity contribution in [1.82, 2.24) is 0 Å². The van der Waals surface area contributed by atoms with Crippen molar-refractivity contribution in [1.29, 1.82) is 0 Å². The van der Waals surface area contributed by atoms with Crippen molar-refractivity contribution < 1.29 is 27.0 Å². The highest BCUT2D eigenvalue weighted by atomic mass is 35.5. The first-order valence-corrected chi connectivity index (χ1v) is 7.78. The second kappa shape index (κ2) is 14.3. The molecule has 0 aromatic rings. The second-order valence-electron chi connectivity index (χ2n) is 5.77. The topological polar surface area (TPSA) is 70.5 Å². The first-order valence-electron chi connectivity index (χ1n) is 7.78. The summed E-state index contributed by atoms with van der Waals surface area (Å²) in [7, 11) is 0. The van der Waals surface area contributed by atoms with E-state index in [0.29, 0.717) is 12.8 Å². The van der Waals surface area contributed by atoms with Gasteiger partial charge in [0, 0.05) is 12.1 Å². The van der Waals surface area contributed by atoms with Crippen molar-refractivity contribution >= 4 is 24.8 Å². The monoisotopic (exact) mass is 402 g/mol. The molecule has 2 fully saturated rings. The summed E-state index contributed by atoms with van der Waals surface area (Å²) >= 11 is 0. The van der Waals surface area contributed by atoms with E-state index in [1.165, 1.54) is 0 Å². The molecule has 4 atom stereocenters. The lowest BCUT2D eigenvalue weighted by Gasteiger charge is -2.27. The molecule has 0 aromatic carbocycles. The number of ether oxygens (including phenoxy) is 2. The first-order chi connectivity index (χ1) is 10.4. The van der Waals surface area contributed by atoms with E-state index in [-0.39, 0.29) is 36.9 Å². The summed E-state index contributed by atoms with van der Waals surface area (Å²) in [5, 5.41) is 0. The number of rotatable bonds is 4. The van der Waals surface area contributed by atoms with Crippen LogP contribution in [0.2, 0.25) is 0 Å². The van der Waals surface area contributed by atoms with Crippen LogP contribution < -0.4 is 11.5 Å². The smallest absolute Gasteiger partial charge is 0.325 e. The Bertz CT molecular complexity index is 280. The van der Waals surface area contributed by atoms with Gasteiger partial charge in [-0.1, -0.05) is 25.7 Å².